The Hall–Kier alpha value is 0.136. The molecule has 0 saturated heterocycles. The third-order valence-corrected chi connectivity index (χ3v) is 0. The van der Waals surface area contributed by atoms with Crippen molar-refractivity contribution >= 4 is 10.4 Å². The third-order valence-electron chi connectivity index (χ3n) is 0. The predicted molar refractivity (Wildman–Crippen MR) is 35.9 cm³/mol. The molecule has 0 saturated carbocycles. The van der Waals surface area contributed by atoms with E-state index in [1.54, 1.807) is 0 Å². The zero-order valence-electron chi connectivity index (χ0n) is 5.45. The first-order valence-electron chi connectivity index (χ1n) is 0.698. The molecule has 0 fully saturated rings. The molecule has 0 aromatic rings. The molecule has 0 bridgehead atoms. The molecule has 10 nitrogen and oxygen atoms in total. The molecule has 0 amide bonds. The molecule has 0 aliphatic carbocycles. The van der Waals surface area contributed by atoms with Crippen LogP contribution in [0.1, 0.15) is 0 Å². The first-order chi connectivity index (χ1) is 2.00. The first kappa shape index (κ1) is 88.0. The van der Waals surface area contributed by atoms with E-state index in [2.05, 4.69) is 0 Å². The van der Waals surface area contributed by atoms with E-state index in [1.807, 2.05) is 0 Å². The summed E-state index contributed by atoms with van der Waals surface area (Å²) in [6, 6.07) is 0. The summed E-state index contributed by atoms with van der Waals surface area (Å²) in [5.41, 5.74) is 0. The van der Waals surface area contributed by atoms with Crippen LogP contribution >= 0.6 is 0 Å². The van der Waals surface area contributed by atoms with Crippen LogP contribution in [0.25, 0.3) is 0 Å². The average Bonchev–Trinajstić information content (AvgIpc) is 0.722. The van der Waals surface area contributed by atoms with Crippen LogP contribution < -0.4 is 0 Å². The number of hydrogen-bond acceptors (Lipinski definition) is 2. The van der Waals surface area contributed by atoms with Crippen molar-refractivity contribution in [3.8, 4) is 0 Å². The van der Waals surface area contributed by atoms with Gasteiger partial charge in [-0.25, -0.2) is 0 Å². The zero-order chi connectivity index (χ0) is 4.50. The van der Waals surface area contributed by atoms with E-state index in [0.717, 1.165) is 0 Å². The fourth-order valence-corrected chi connectivity index (χ4v) is 0. The van der Waals surface area contributed by atoms with Gasteiger partial charge in [0.15, 0.2) is 0 Å². The van der Waals surface area contributed by atoms with E-state index in [0.29, 0.717) is 0 Å². The van der Waals surface area contributed by atoms with Gasteiger partial charge in [-0.3, -0.25) is 9.11 Å². The van der Waals surface area contributed by atoms with Crippen molar-refractivity contribution < 1.29 is 67.2 Å². The van der Waals surface area contributed by atoms with Crippen LogP contribution in [0.4, 0.5) is 0 Å². The minimum Gasteiger partial charge on any atom is -0.412 e. The molecule has 0 rings (SSSR count). The van der Waals surface area contributed by atoms with Gasteiger partial charge in [0.1, 0.15) is 0 Å². The maximum atomic E-state index is 8.74. The molecule has 0 aliphatic heterocycles. The van der Waals surface area contributed by atoms with Crippen molar-refractivity contribution in [2.24, 2.45) is 0 Å². The van der Waals surface area contributed by atoms with Crippen molar-refractivity contribution in [1.82, 2.24) is 0 Å². The molecule has 0 aromatic heterocycles. The number of rotatable bonds is 0. The van der Waals surface area contributed by atoms with Gasteiger partial charge in [0.25, 0.3) is 0 Å². The monoisotopic (exact) mass is 265 g/mol. The van der Waals surface area contributed by atoms with Gasteiger partial charge in [-0.1, -0.05) is 0 Å². The summed E-state index contributed by atoms with van der Waals surface area (Å²) in [5.74, 6) is 0. The van der Waals surface area contributed by atoms with Gasteiger partial charge in [0.05, 0.1) is 0 Å². The maximum absolute atomic E-state index is 8.74. The molecular weight excluding hydrogens is 251 g/mol. The van der Waals surface area contributed by atoms with Crippen LogP contribution in [0.5, 0.6) is 0 Å². The Balaban J connectivity index is -0.00000000381. The van der Waals surface area contributed by atoms with Gasteiger partial charge in [0.2, 0.25) is 0 Å². The molecule has 14 N–H and O–H groups in total. The molecule has 0 atom stereocenters. The predicted octanol–water partition coefficient (Wildman–Crippen LogP) is -5.60. The van der Waals surface area contributed by atoms with Crippen LogP contribution in [0.2, 0.25) is 0 Å². The zero-order valence-corrected chi connectivity index (χ0v) is 7.31. The summed E-state index contributed by atoms with van der Waals surface area (Å²) in [6.07, 6.45) is 0. The first-order valence-corrected chi connectivity index (χ1v) is 2.10. The molecule has 12 heavy (non-hydrogen) atoms. The van der Waals surface area contributed by atoms with E-state index < -0.39 is 10.4 Å². The Morgan fingerprint density at radius 2 is 0.667 bits per heavy atom. The van der Waals surface area contributed by atoms with Crippen LogP contribution in [0.15, 0.2) is 0 Å². The molecule has 0 unspecified atom stereocenters. The molecule has 0 spiro atoms. The molecule has 12 heteroatoms. The second-order valence-corrected chi connectivity index (χ2v) is 1.34. The van der Waals surface area contributed by atoms with Gasteiger partial charge in [-0.05, 0) is 0 Å². The van der Waals surface area contributed by atoms with E-state index in [9.17, 15) is 0 Å². The van der Waals surface area contributed by atoms with Gasteiger partial charge < -0.3 is 32.9 Å². The summed E-state index contributed by atoms with van der Waals surface area (Å²) in [5, 5.41) is 0. The fourth-order valence-electron chi connectivity index (χ4n) is 0. The summed E-state index contributed by atoms with van der Waals surface area (Å²) >= 11 is 0. The van der Waals surface area contributed by atoms with E-state index in [-0.39, 0.29) is 49.6 Å². The van der Waals surface area contributed by atoms with E-state index in [1.165, 1.54) is 0 Å². The standard InChI is InChI=1S/Co.H2O4S.6H2O/c;1-5(2,3)4;;;;;;/h;(H2,1,2,3,4);6*1H2. The minimum atomic E-state index is -4.67. The SMILES string of the molecule is O.O.O.O.O.O.O=S(=O)(O)O.[Co]. The smallest absolute Gasteiger partial charge is 0.394 e. The maximum Gasteiger partial charge on any atom is 0.394 e. The molecule has 0 heterocycles. The molecular formula is H14CoO10S. The van der Waals surface area contributed by atoms with Crippen LogP contribution in [0, 0.1) is 0 Å². The molecule has 0 aliphatic rings. The van der Waals surface area contributed by atoms with Gasteiger partial charge >= 0.3 is 10.4 Å². The minimum absolute atomic E-state index is 0. The average molecular weight is 265 g/mol. The van der Waals surface area contributed by atoms with Crippen molar-refractivity contribution in [2.45, 2.75) is 0 Å². The van der Waals surface area contributed by atoms with Crippen molar-refractivity contribution in [3.63, 3.8) is 0 Å². The van der Waals surface area contributed by atoms with Gasteiger partial charge in [-0.2, -0.15) is 8.42 Å². The summed E-state index contributed by atoms with van der Waals surface area (Å²) in [6.45, 7) is 0. The second-order valence-electron chi connectivity index (χ2n) is 0.448. The Labute approximate surface area is 78.2 Å². The van der Waals surface area contributed by atoms with Gasteiger partial charge in [-0.15, -0.1) is 0 Å². The van der Waals surface area contributed by atoms with Crippen molar-refractivity contribution in [2.75, 3.05) is 0 Å². The van der Waals surface area contributed by atoms with Crippen LogP contribution in [-0.2, 0) is 27.2 Å². The van der Waals surface area contributed by atoms with Crippen LogP contribution in [-0.4, -0.2) is 50.4 Å². The summed E-state index contributed by atoms with van der Waals surface area (Å²) in [7, 11) is -4.67. The summed E-state index contributed by atoms with van der Waals surface area (Å²) in [4.78, 5) is 0. The Kier molecular flexibility index (Phi) is 223. The largest absolute Gasteiger partial charge is 0.412 e. The normalized spacial score (nSPS) is 4.83. The molecule has 89 valence electrons. The second kappa shape index (κ2) is 30.4. The Bertz CT molecular complexity index is 93.0. The Morgan fingerprint density at radius 1 is 0.667 bits per heavy atom. The topological polar surface area (TPSA) is 264 Å². The Morgan fingerprint density at radius 3 is 0.667 bits per heavy atom. The number of hydrogen-bond donors (Lipinski definition) is 2. The molecule has 1 radical (unpaired) electrons. The van der Waals surface area contributed by atoms with Crippen LogP contribution in [0.3, 0.4) is 0 Å². The van der Waals surface area contributed by atoms with Gasteiger partial charge in [0, 0.05) is 16.8 Å². The summed E-state index contributed by atoms with van der Waals surface area (Å²) < 4.78 is 31.6. The molecule has 0 aromatic carbocycles. The van der Waals surface area contributed by atoms with E-state index in [4.69, 9.17) is 17.5 Å². The fraction of sp³-hybridized carbons (Fsp3) is 0. The van der Waals surface area contributed by atoms with E-state index >= 15 is 0 Å². The third kappa shape index (κ3) is 45400. The van der Waals surface area contributed by atoms with Crippen molar-refractivity contribution in [1.29, 1.82) is 0 Å². The quantitative estimate of drug-likeness (QED) is 0.405. The van der Waals surface area contributed by atoms with Crippen molar-refractivity contribution in [3.05, 3.63) is 0 Å².